The van der Waals surface area contributed by atoms with Crippen molar-refractivity contribution in [2.45, 2.75) is 31.7 Å². The molecule has 0 unspecified atom stereocenters. The van der Waals surface area contributed by atoms with Crippen LogP contribution in [0.3, 0.4) is 0 Å². The predicted molar refractivity (Wildman–Crippen MR) is 66.4 cm³/mol. The van der Waals surface area contributed by atoms with Crippen molar-refractivity contribution in [3.8, 4) is 0 Å². The van der Waals surface area contributed by atoms with Gasteiger partial charge in [-0.25, -0.2) is 9.97 Å². The normalized spacial score (nSPS) is 16.6. The minimum absolute atomic E-state index is 0.160. The molecule has 4 nitrogen and oxygen atoms in total. The largest absolute Gasteiger partial charge is 0.395 e. The fourth-order valence-corrected chi connectivity index (χ4v) is 2.75. The maximum absolute atomic E-state index is 9.15. The molecule has 0 bridgehead atoms. The van der Waals surface area contributed by atoms with Crippen molar-refractivity contribution in [2.24, 2.45) is 0 Å². The first-order valence-electron chi connectivity index (χ1n) is 5.66. The van der Waals surface area contributed by atoms with Gasteiger partial charge in [-0.3, -0.25) is 0 Å². The lowest BCUT2D eigenvalue weighted by molar-refractivity contribution is 0.296. The van der Waals surface area contributed by atoms with Gasteiger partial charge in [-0.15, -0.1) is 0 Å². The van der Waals surface area contributed by atoms with E-state index < -0.39 is 0 Å². The van der Waals surface area contributed by atoms with Gasteiger partial charge in [0.1, 0.15) is 12.1 Å². The van der Waals surface area contributed by atoms with E-state index >= 15 is 0 Å². The van der Waals surface area contributed by atoms with Crippen molar-refractivity contribution in [1.29, 1.82) is 0 Å². The van der Waals surface area contributed by atoms with Gasteiger partial charge in [-0.1, -0.05) is 12.8 Å². The highest BCUT2D eigenvalue weighted by atomic mass is 79.9. The summed E-state index contributed by atoms with van der Waals surface area (Å²) in [5.74, 6) is 0.899. The van der Waals surface area contributed by atoms with Gasteiger partial charge in [-0.2, -0.15) is 0 Å². The highest BCUT2D eigenvalue weighted by Gasteiger charge is 2.24. The molecule has 0 aliphatic heterocycles. The van der Waals surface area contributed by atoms with Crippen molar-refractivity contribution >= 4 is 21.7 Å². The first-order chi connectivity index (χ1) is 7.83. The summed E-state index contributed by atoms with van der Waals surface area (Å²) < 4.78 is 0.898. The lowest BCUT2D eigenvalue weighted by Crippen LogP contribution is -2.36. The predicted octanol–water partition coefficient (Wildman–Crippen LogP) is 1.98. The van der Waals surface area contributed by atoms with Crippen LogP contribution in [0.15, 0.2) is 17.0 Å². The highest BCUT2D eigenvalue weighted by molar-refractivity contribution is 9.10. The Morgan fingerprint density at radius 3 is 2.81 bits per heavy atom. The van der Waals surface area contributed by atoms with E-state index in [1.54, 1.807) is 12.5 Å². The second-order valence-corrected chi connectivity index (χ2v) is 4.90. The summed E-state index contributed by atoms with van der Waals surface area (Å²) >= 11 is 3.47. The zero-order valence-corrected chi connectivity index (χ0v) is 10.7. The molecule has 0 saturated heterocycles. The van der Waals surface area contributed by atoms with Crippen LogP contribution in [-0.2, 0) is 0 Å². The molecular formula is C11H16BrN3O. The van der Waals surface area contributed by atoms with Gasteiger partial charge in [0.15, 0.2) is 0 Å². The number of hydrogen-bond donors (Lipinski definition) is 1. The summed E-state index contributed by atoms with van der Waals surface area (Å²) in [5.41, 5.74) is 0. The van der Waals surface area contributed by atoms with E-state index in [0.29, 0.717) is 12.6 Å². The average Bonchev–Trinajstić information content (AvgIpc) is 2.80. The first-order valence-corrected chi connectivity index (χ1v) is 6.45. The second-order valence-electron chi connectivity index (χ2n) is 4.05. The average molecular weight is 286 g/mol. The summed E-state index contributed by atoms with van der Waals surface area (Å²) in [5, 5.41) is 9.15. The molecule has 5 heteroatoms. The minimum atomic E-state index is 0.160. The summed E-state index contributed by atoms with van der Waals surface area (Å²) in [6, 6.07) is 0.512. The van der Waals surface area contributed by atoms with Crippen LogP contribution in [-0.4, -0.2) is 34.3 Å². The fourth-order valence-electron chi connectivity index (χ4n) is 2.30. The number of hydrogen-bond acceptors (Lipinski definition) is 4. The van der Waals surface area contributed by atoms with Crippen LogP contribution in [0.25, 0.3) is 0 Å². The molecule has 0 amide bonds. The van der Waals surface area contributed by atoms with E-state index in [1.165, 1.54) is 25.7 Å². The van der Waals surface area contributed by atoms with Gasteiger partial charge in [0.2, 0.25) is 0 Å². The van der Waals surface area contributed by atoms with E-state index in [9.17, 15) is 0 Å². The van der Waals surface area contributed by atoms with Crippen LogP contribution in [0.5, 0.6) is 0 Å². The minimum Gasteiger partial charge on any atom is -0.395 e. The molecule has 1 saturated carbocycles. The van der Waals surface area contributed by atoms with Crippen molar-refractivity contribution in [1.82, 2.24) is 9.97 Å². The van der Waals surface area contributed by atoms with Crippen LogP contribution < -0.4 is 4.90 Å². The Morgan fingerprint density at radius 1 is 1.44 bits per heavy atom. The van der Waals surface area contributed by atoms with E-state index in [-0.39, 0.29) is 6.61 Å². The summed E-state index contributed by atoms with van der Waals surface area (Å²) in [6.45, 7) is 0.799. The van der Waals surface area contributed by atoms with Crippen LogP contribution in [0.2, 0.25) is 0 Å². The van der Waals surface area contributed by atoms with E-state index in [0.717, 1.165) is 10.3 Å². The standard InChI is InChI=1S/C11H16BrN3O/c12-10-7-13-8-14-11(10)15(5-6-16)9-3-1-2-4-9/h7-9,16H,1-6H2. The molecule has 2 rings (SSSR count). The van der Waals surface area contributed by atoms with Gasteiger partial charge in [0, 0.05) is 18.8 Å². The van der Waals surface area contributed by atoms with Crippen molar-refractivity contribution in [2.75, 3.05) is 18.1 Å². The lowest BCUT2D eigenvalue weighted by atomic mass is 10.2. The molecular weight excluding hydrogens is 270 g/mol. The molecule has 1 fully saturated rings. The quantitative estimate of drug-likeness (QED) is 0.919. The lowest BCUT2D eigenvalue weighted by Gasteiger charge is -2.29. The van der Waals surface area contributed by atoms with Crippen molar-refractivity contribution in [3.63, 3.8) is 0 Å². The number of rotatable bonds is 4. The summed E-state index contributed by atoms with van der Waals surface area (Å²) in [7, 11) is 0. The van der Waals surface area contributed by atoms with Crippen molar-refractivity contribution < 1.29 is 5.11 Å². The number of aliphatic hydroxyl groups excluding tert-OH is 1. The van der Waals surface area contributed by atoms with Crippen LogP contribution in [0.1, 0.15) is 25.7 Å². The van der Waals surface area contributed by atoms with Gasteiger partial charge in [0.05, 0.1) is 11.1 Å². The third-order valence-electron chi connectivity index (χ3n) is 3.03. The Kier molecular flexibility index (Phi) is 4.12. The zero-order valence-electron chi connectivity index (χ0n) is 9.14. The molecule has 0 atom stereocenters. The smallest absolute Gasteiger partial charge is 0.146 e. The molecule has 1 aromatic rings. The van der Waals surface area contributed by atoms with Gasteiger partial charge in [-0.05, 0) is 28.8 Å². The van der Waals surface area contributed by atoms with Crippen LogP contribution in [0.4, 0.5) is 5.82 Å². The Labute approximate surface area is 104 Å². The topological polar surface area (TPSA) is 49.2 Å². The van der Waals surface area contributed by atoms with Gasteiger partial charge < -0.3 is 10.0 Å². The molecule has 0 aromatic carbocycles. The molecule has 0 radical (unpaired) electrons. The molecule has 1 aliphatic carbocycles. The number of aliphatic hydroxyl groups is 1. The fraction of sp³-hybridized carbons (Fsp3) is 0.636. The molecule has 1 N–H and O–H groups in total. The number of nitrogens with zero attached hydrogens (tertiary/aromatic N) is 3. The number of aromatic nitrogens is 2. The van der Waals surface area contributed by atoms with Gasteiger partial charge >= 0.3 is 0 Å². The van der Waals surface area contributed by atoms with E-state index in [1.807, 2.05) is 0 Å². The van der Waals surface area contributed by atoms with Crippen molar-refractivity contribution in [3.05, 3.63) is 17.0 Å². The monoisotopic (exact) mass is 285 g/mol. The molecule has 0 spiro atoms. The third-order valence-corrected chi connectivity index (χ3v) is 3.59. The molecule has 1 aliphatic rings. The Balaban J connectivity index is 2.21. The molecule has 16 heavy (non-hydrogen) atoms. The summed E-state index contributed by atoms with van der Waals surface area (Å²) in [6.07, 6.45) is 8.23. The maximum Gasteiger partial charge on any atom is 0.146 e. The Hall–Kier alpha value is -0.680. The van der Waals surface area contributed by atoms with Crippen LogP contribution >= 0.6 is 15.9 Å². The van der Waals surface area contributed by atoms with E-state index in [2.05, 4.69) is 30.8 Å². The maximum atomic E-state index is 9.15. The Morgan fingerprint density at radius 2 is 2.19 bits per heavy atom. The Bertz CT molecular complexity index is 342. The second kappa shape index (κ2) is 5.59. The third kappa shape index (κ3) is 2.52. The molecule has 1 aromatic heterocycles. The van der Waals surface area contributed by atoms with E-state index in [4.69, 9.17) is 5.11 Å². The molecule has 1 heterocycles. The zero-order chi connectivity index (χ0) is 11.4. The SMILES string of the molecule is OCCN(c1ncncc1Br)C1CCCC1. The first kappa shape index (κ1) is 11.8. The highest BCUT2D eigenvalue weighted by Crippen LogP contribution is 2.30. The van der Waals surface area contributed by atoms with Gasteiger partial charge in [0.25, 0.3) is 0 Å². The van der Waals surface area contributed by atoms with Crippen LogP contribution in [0, 0.1) is 0 Å². The number of anilines is 1. The number of halogens is 1. The summed E-state index contributed by atoms with van der Waals surface area (Å²) in [4.78, 5) is 10.5. The molecule has 88 valence electrons.